The summed E-state index contributed by atoms with van der Waals surface area (Å²) in [6, 6.07) is 47.8. The van der Waals surface area contributed by atoms with E-state index in [1.54, 1.807) is 23.7 Å². The Kier molecular flexibility index (Phi) is 5.41. The molecule has 0 bridgehead atoms. The van der Waals surface area contributed by atoms with Gasteiger partial charge in [-0.05, 0) is 52.9 Å². The standard InChI is InChI=1S/C41H24N4S/c1-2-15-31-30(14-1)37-33(39-38(31)42-21-22-43-39)20-19-32-29-13-3-5-17-35(29)45(40(32)37)28-12-8-10-26(24-28)25-9-7-11-27(23-25)41-44-34-16-4-6-18-36(34)46-41/h1-24H. The van der Waals surface area contributed by atoms with Gasteiger partial charge in [-0.2, -0.15) is 0 Å². The molecule has 0 saturated heterocycles. The number of hydrogen-bond acceptors (Lipinski definition) is 4. The highest BCUT2D eigenvalue weighted by molar-refractivity contribution is 7.21. The molecule has 7 aromatic carbocycles. The second-order valence-electron chi connectivity index (χ2n) is 11.7. The van der Waals surface area contributed by atoms with Crippen LogP contribution in [0.4, 0.5) is 0 Å². The van der Waals surface area contributed by atoms with Crippen molar-refractivity contribution >= 4 is 75.9 Å². The Morgan fingerprint density at radius 2 is 1.17 bits per heavy atom. The molecular weight excluding hydrogens is 581 g/mol. The van der Waals surface area contributed by atoms with E-state index in [9.17, 15) is 0 Å². The van der Waals surface area contributed by atoms with Gasteiger partial charge in [-0.1, -0.05) is 97.1 Å². The molecule has 0 fully saturated rings. The highest BCUT2D eigenvalue weighted by Crippen LogP contribution is 2.42. The molecule has 0 N–H and O–H groups in total. The van der Waals surface area contributed by atoms with Gasteiger partial charge in [0.1, 0.15) is 5.01 Å². The van der Waals surface area contributed by atoms with E-state index in [2.05, 4.69) is 132 Å². The van der Waals surface area contributed by atoms with Crippen molar-refractivity contribution in [2.75, 3.05) is 0 Å². The minimum absolute atomic E-state index is 0.926. The summed E-state index contributed by atoms with van der Waals surface area (Å²) in [7, 11) is 0. The first-order chi connectivity index (χ1) is 22.8. The molecule has 0 aliphatic rings. The van der Waals surface area contributed by atoms with Crippen molar-refractivity contribution in [1.82, 2.24) is 19.5 Å². The first kappa shape index (κ1) is 25.4. The summed E-state index contributed by atoms with van der Waals surface area (Å²) in [5.74, 6) is 0. The van der Waals surface area contributed by atoms with Gasteiger partial charge >= 0.3 is 0 Å². The average molecular weight is 605 g/mol. The monoisotopic (exact) mass is 604 g/mol. The zero-order valence-corrected chi connectivity index (χ0v) is 25.4. The number of hydrogen-bond donors (Lipinski definition) is 0. The summed E-state index contributed by atoms with van der Waals surface area (Å²) in [4.78, 5) is 14.5. The number of nitrogens with zero attached hydrogens (tertiary/aromatic N) is 4. The lowest BCUT2D eigenvalue weighted by atomic mass is 9.97. The predicted octanol–water partition coefficient (Wildman–Crippen LogP) is 11.0. The second-order valence-corrected chi connectivity index (χ2v) is 12.7. The molecule has 0 atom stereocenters. The lowest BCUT2D eigenvalue weighted by molar-refractivity contribution is 1.19. The maximum Gasteiger partial charge on any atom is 0.124 e. The Balaban J connectivity index is 1.25. The number of benzene rings is 7. The van der Waals surface area contributed by atoms with Crippen molar-refractivity contribution in [1.29, 1.82) is 0 Å². The number of aromatic nitrogens is 4. The number of thiazole rings is 1. The third-order valence-corrected chi connectivity index (χ3v) is 10.2. The molecule has 10 aromatic rings. The third-order valence-electron chi connectivity index (χ3n) is 9.08. The molecule has 46 heavy (non-hydrogen) atoms. The van der Waals surface area contributed by atoms with E-state index < -0.39 is 0 Å². The molecule has 5 heteroatoms. The summed E-state index contributed by atoms with van der Waals surface area (Å²) < 4.78 is 3.64. The molecule has 0 aliphatic carbocycles. The topological polar surface area (TPSA) is 43.6 Å². The summed E-state index contributed by atoms with van der Waals surface area (Å²) >= 11 is 1.74. The van der Waals surface area contributed by atoms with Crippen molar-refractivity contribution in [3.05, 3.63) is 146 Å². The van der Waals surface area contributed by atoms with E-state index in [0.29, 0.717) is 0 Å². The van der Waals surface area contributed by atoms with Crippen LogP contribution in [0, 0.1) is 0 Å². The summed E-state index contributed by atoms with van der Waals surface area (Å²) in [6.07, 6.45) is 3.58. The van der Waals surface area contributed by atoms with Crippen LogP contribution in [-0.2, 0) is 0 Å². The first-order valence-corrected chi connectivity index (χ1v) is 16.2. The first-order valence-electron chi connectivity index (χ1n) is 15.4. The van der Waals surface area contributed by atoms with Gasteiger partial charge in [0, 0.05) is 50.6 Å². The van der Waals surface area contributed by atoms with E-state index >= 15 is 0 Å². The Labute approximate surface area is 267 Å². The van der Waals surface area contributed by atoms with Gasteiger partial charge in [-0.3, -0.25) is 9.97 Å². The van der Waals surface area contributed by atoms with Gasteiger partial charge in [0.25, 0.3) is 0 Å². The van der Waals surface area contributed by atoms with Crippen LogP contribution in [0.2, 0.25) is 0 Å². The minimum atomic E-state index is 0.926. The van der Waals surface area contributed by atoms with E-state index in [1.165, 1.54) is 37.3 Å². The largest absolute Gasteiger partial charge is 0.309 e. The van der Waals surface area contributed by atoms with Crippen molar-refractivity contribution in [3.63, 3.8) is 0 Å². The Morgan fingerprint density at radius 1 is 0.500 bits per heavy atom. The maximum absolute atomic E-state index is 4.92. The van der Waals surface area contributed by atoms with Crippen LogP contribution in [0.3, 0.4) is 0 Å². The predicted molar refractivity (Wildman–Crippen MR) is 193 cm³/mol. The summed E-state index contributed by atoms with van der Waals surface area (Å²) in [5, 5.41) is 8.09. The van der Waals surface area contributed by atoms with Crippen molar-refractivity contribution in [2.24, 2.45) is 0 Å². The van der Waals surface area contributed by atoms with E-state index in [0.717, 1.165) is 54.7 Å². The zero-order valence-electron chi connectivity index (χ0n) is 24.6. The fourth-order valence-electron chi connectivity index (χ4n) is 7.09. The summed E-state index contributed by atoms with van der Waals surface area (Å²) in [5.41, 5.74) is 9.83. The number of fused-ring (bicyclic) bond motifs is 11. The molecule has 0 saturated carbocycles. The van der Waals surface area contributed by atoms with Crippen molar-refractivity contribution < 1.29 is 0 Å². The molecule has 0 amide bonds. The quantitative estimate of drug-likeness (QED) is 0.188. The Hall–Kier alpha value is -5.91. The third kappa shape index (κ3) is 3.69. The van der Waals surface area contributed by atoms with E-state index in [1.807, 2.05) is 6.07 Å². The highest BCUT2D eigenvalue weighted by Gasteiger charge is 2.19. The molecule has 0 radical (unpaired) electrons. The number of rotatable bonds is 3. The molecule has 0 unspecified atom stereocenters. The summed E-state index contributed by atoms with van der Waals surface area (Å²) in [6.45, 7) is 0. The van der Waals surface area contributed by atoms with Crippen LogP contribution < -0.4 is 0 Å². The molecule has 0 spiro atoms. The molecule has 0 aliphatic heterocycles. The molecule has 3 aromatic heterocycles. The fourth-order valence-corrected chi connectivity index (χ4v) is 8.05. The molecular formula is C41H24N4S. The normalized spacial score (nSPS) is 11.9. The zero-order chi connectivity index (χ0) is 30.2. The number of para-hydroxylation sites is 2. The van der Waals surface area contributed by atoms with Crippen molar-refractivity contribution in [3.8, 4) is 27.4 Å². The van der Waals surface area contributed by atoms with Crippen LogP contribution in [0.5, 0.6) is 0 Å². The fraction of sp³-hybridized carbons (Fsp3) is 0. The van der Waals surface area contributed by atoms with Gasteiger partial charge in [0.15, 0.2) is 0 Å². The van der Waals surface area contributed by atoms with E-state index in [4.69, 9.17) is 15.0 Å². The van der Waals surface area contributed by atoms with Crippen LogP contribution in [-0.4, -0.2) is 19.5 Å². The Bertz CT molecular complexity index is 2760. The van der Waals surface area contributed by atoms with Crippen LogP contribution in [0.1, 0.15) is 0 Å². The molecule has 10 rings (SSSR count). The van der Waals surface area contributed by atoms with E-state index in [-0.39, 0.29) is 0 Å². The Morgan fingerprint density at radius 3 is 2.04 bits per heavy atom. The lowest BCUT2D eigenvalue weighted by Crippen LogP contribution is -1.96. The minimum Gasteiger partial charge on any atom is -0.309 e. The van der Waals surface area contributed by atoms with Gasteiger partial charge in [0.05, 0.1) is 32.3 Å². The van der Waals surface area contributed by atoms with Crippen LogP contribution >= 0.6 is 11.3 Å². The maximum atomic E-state index is 4.92. The molecule has 3 heterocycles. The molecule has 214 valence electrons. The van der Waals surface area contributed by atoms with Crippen molar-refractivity contribution in [2.45, 2.75) is 0 Å². The second kappa shape index (κ2) is 9.80. The lowest BCUT2D eigenvalue weighted by Gasteiger charge is -2.14. The SMILES string of the molecule is c1cc(-c2cccc(-n3c4ccccc4c4ccc5c6nccnc6c6ccccc6c5c43)c2)cc(-c2nc3ccccc3s2)c1. The van der Waals surface area contributed by atoms with Gasteiger partial charge in [0.2, 0.25) is 0 Å². The van der Waals surface area contributed by atoms with Crippen LogP contribution in [0.15, 0.2) is 146 Å². The highest BCUT2D eigenvalue weighted by atomic mass is 32.1. The van der Waals surface area contributed by atoms with Gasteiger partial charge in [-0.15, -0.1) is 11.3 Å². The average Bonchev–Trinajstić information content (AvgIpc) is 3.72. The van der Waals surface area contributed by atoms with Gasteiger partial charge in [-0.25, -0.2) is 4.98 Å². The van der Waals surface area contributed by atoms with Gasteiger partial charge < -0.3 is 4.57 Å². The smallest absolute Gasteiger partial charge is 0.124 e. The molecule has 4 nitrogen and oxygen atoms in total. The van der Waals surface area contributed by atoms with Crippen LogP contribution in [0.25, 0.3) is 92.0 Å².